The van der Waals surface area contributed by atoms with Crippen LogP contribution in [0.3, 0.4) is 0 Å². The van der Waals surface area contributed by atoms with Gasteiger partial charge in [-0.25, -0.2) is 8.42 Å². The van der Waals surface area contributed by atoms with Gasteiger partial charge in [-0.3, -0.25) is 4.72 Å². The van der Waals surface area contributed by atoms with Gasteiger partial charge in [-0.05, 0) is 48.9 Å². The molecule has 3 rings (SSSR count). The maximum atomic E-state index is 12.6. The topological polar surface area (TPSA) is 87.2 Å². The third-order valence-corrected chi connectivity index (χ3v) is 5.76. The number of nitrogens with one attached hydrogen (secondary N) is 2. The molecule has 9 heteroatoms. The molecule has 3 aromatic rings. The number of benzene rings is 2. The van der Waals surface area contributed by atoms with Crippen LogP contribution in [-0.4, -0.2) is 32.7 Å². The maximum Gasteiger partial charge on any atom is 0.262 e. The van der Waals surface area contributed by atoms with E-state index in [2.05, 4.69) is 20.2 Å². The summed E-state index contributed by atoms with van der Waals surface area (Å²) < 4.78 is 27.9. The van der Waals surface area contributed by atoms with E-state index in [1.165, 1.54) is 6.07 Å². The first kappa shape index (κ1) is 19.9. The Morgan fingerprint density at radius 1 is 1.00 bits per heavy atom. The second kappa shape index (κ2) is 8.04. The molecule has 7 nitrogen and oxygen atoms in total. The van der Waals surface area contributed by atoms with Crippen molar-refractivity contribution in [3.8, 4) is 0 Å². The number of anilines is 4. The zero-order valence-electron chi connectivity index (χ0n) is 15.6. The minimum Gasteiger partial charge on any atom is -0.376 e. The number of nitrogens with zero attached hydrogens (tertiary/aromatic N) is 3. The van der Waals surface area contributed by atoms with Gasteiger partial charge in [0.2, 0.25) is 0 Å². The van der Waals surface area contributed by atoms with Crippen molar-refractivity contribution in [1.82, 2.24) is 10.2 Å². The number of aromatic nitrogens is 2. The zero-order valence-corrected chi connectivity index (χ0v) is 17.2. The highest BCUT2D eigenvalue weighted by Crippen LogP contribution is 2.24. The molecule has 0 aliphatic carbocycles. The first-order valence-electron chi connectivity index (χ1n) is 8.41. The van der Waals surface area contributed by atoms with Crippen LogP contribution in [0.15, 0.2) is 59.6 Å². The Bertz CT molecular complexity index is 1090. The van der Waals surface area contributed by atoms with Crippen molar-refractivity contribution in [2.24, 2.45) is 0 Å². The summed E-state index contributed by atoms with van der Waals surface area (Å²) >= 11 is 5.94. The van der Waals surface area contributed by atoms with E-state index in [4.69, 9.17) is 11.6 Å². The second-order valence-electron chi connectivity index (χ2n) is 6.41. The molecule has 0 aliphatic heterocycles. The summed E-state index contributed by atoms with van der Waals surface area (Å²) in [6.07, 6.45) is 1.67. The van der Waals surface area contributed by atoms with Gasteiger partial charge < -0.3 is 10.2 Å². The summed E-state index contributed by atoms with van der Waals surface area (Å²) in [6, 6.07) is 13.5. The van der Waals surface area contributed by atoms with Gasteiger partial charge in [-0.15, -0.1) is 5.10 Å². The zero-order chi connectivity index (χ0) is 20.3. The molecule has 0 bridgehead atoms. The summed E-state index contributed by atoms with van der Waals surface area (Å²) in [4.78, 5) is 2.08. The van der Waals surface area contributed by atoms with E-state index in [-0.39, 0.29) is 4.90 Å². The van der Waals surface area contributed by atoms with Crippen molar-refractivity contribution >= 4 is 44.5 Å². The fourth-order valence-electron chi connectivity index (χ4n) is 2.51. The van der Waals surface area contributed by atoms with Crippen LogP contribution in [0.2, 0.25) is 5.02 Å². The van der Waals surface area contributed by atoms with Crippen molar-refractivity contribution in [1.29, 1.82) is 0 Å². The van der Waals surface area contributed by atoms with Crippen LogP contribution in [0.4, 0.5) is 22.9 Å². The molecule has 0 saturated carbocycles. The largest absolute Gasteiger partial charge is 0.376 e. The van der Waals surface area contributed by atoms with Crippen LogP contribution in [0, 0.1) is 6.92 Å². The maximum absolute atomic E-state index is 12.6. The first-order valence-corrected chi connectivity index (χ1v) is 10.3. The van der Waals surface area contributed by atoms with Gasteiger partial charge in [0.25, 0.3) is 10.0 Å². The van der Waals surface area contributed by atoms with Crippen molar-refractivity contribution in [2.75, 3.05) is 29.0 Å². The standard InChI is InChI=1S/C19H20ClN5O2S/c1-13-4-5-14(20)10-18(13)28(26,27)24-16-8-6-15(7-9-16)22-19-11-17(25(2)3)12-21-23-19/h4-12,24H,1-3H3,(H,22,23). The fraction of sp³-hybridized carbons (Fsp3) is 0.158. The van der Waals surface area contributed by atoms with Gasteiger partial charge in [0.15, 0.2) is 5.82 Å². The lowest BCUT2D eigenvalue weighted by atomic mass is 10.2. The molecule has 28 heavy (non-hydrogen) atoms. The lowest BCUT2D eigenvalue weighted by Gasteiger charge is -2.13. The van der Waals surface area contributed by atoms with Crippen LogP contribution in [0.1, 0.15) is 5.56 Å². The predicted octanol–water partition coefficient (Wildman–Crippen LogP) is 4.05. The van der Waals surface area contributed by atoms with Gasteiger partial charge in [-0.1, -0.05) is 17.7 Å². The summed E-state index contributed by atoms with van der Waals surface area (Å²) in [5.74, 6) is 0.592. The minimum atomic E-state index is -3.74. The molecule has 0 radical (unpaired) electrons. The van der Waals surface area contributed by atoms with E-state index < -0.39 is 10.0 Å². The average molecular weight is 418 g/mol. The fourth-order valence-corrected chi connectivity index (χ4v) is 4.07. The number of hydrogen-bond donors (Lipinski definition) is 2. The summed E-state index contributed by atoms with van der Waals surface area (Å²) in [7, 11) is 0.104. The number of sulfonamides is 1. The van der Waals surface area contributed by atoms with Gasteiger partial charge in [-0.2, -0.15) is 5.10 Å². The van der Waals surface area contributed by atoms with Crippen LogP contribution in [-0.2, 0) is 10.0 Å². The van der Waals surface area contributed by atoms with Crippen molar-refractivity contribution in [3.05, 3.63) is 65.3 Å². The van der Waals surface area contributed by atoms with Gasteiger partial charge >= 0.3 is 0 Å². The first-order chi connectivity index (χ1) is 13.2. The Labute approximate surface area is 169 Å². The summed E-state index contributed by atoms with van der Waals surface area (Å²) in [5.41, 5.74) is 2.73. The van der Waals surface area contributed by atoms with E-state index in [0.717, 1.165) is 11.4 Å². The number of hydrogen-bond acceptors (Lipinski definition) is 6. The Balaban J connectivity index is 1.76. The normalized spacial score (nSPS) is 11.1. The van der Waals surface area contributed by atoms with Gasteiger partial charge in [0, 0.05) is 36.6 Å². The monoisotopic (exact) mass is 417 g/mol. The molecule has 0 atom stereocenters. The van der Waals surface area contributed by atoms with Crippen LogP contribution >= 0.6 is 11.6 Å². The Morgan fingerprint density at radius 2 is 1.68 bits per heavy atom. The Kier molecular flexibility index (Phi) is 5.71. The van der Waals surface area contributed by atoms with Crippen molar-refractivity contribution in [2.45, 2.75) is 11.8 Å². The van der Waals surface area contributed by atoms with Crippen LogP contribution in [0.5, 0.6) is 0 Å². The third-order valence-electron chi connectivity index (χ3n) is 4.01. The average Bonchev–Trinajstić information content (AvgIpc) is 2.65. The van der Waals surface area contributed by atoms with Crippen LogP contribution < -0.4 is 14.9 Å². The molecule has 146 valence electrons. The van der Waals surface area contributed by atoms with E-state index in [1.807, 2.05) is 25.1 Å². The molecule has 1 aromatic heterocycles. The molecule has 1 heterocycles. The summed E-state index contributed by atoms with van der Waals surface area (Å²) in [5, 5.41) is 11.5. The molecule has 0 fully saturated rings. The lowest BCUT2D eigenvalue weighted by molar-refractivity contribution is 0.600. The molecular weight excluding hydrogens is 398 g/mol. The number of halogens is 1. The molecule has 0 aliphatic rings. The smallest absolute Gasteiger partial charge is 0.262 e. The van der Waals surface area contributed by atoms with E-state index in [0.29, 0.717) is 22.1 Å². The molecule has 0 spiro atoms. The molecule has 0 amide bonds. The molecule has 2 aromatic carbocycles. The van der Waals surface area contributed by atoms with Gasteiger partial charge in [0.1, 0.15) is 0 Å². The lowest BCUT2D eigenvalue weighted by Crippen LogP contribution is -2.14. The number of rotatable bonds is 6. The highest BCUT2D eigenvalue weighted by atomic mass is 35.5. The van der Waals surface area contributed by atoms with E-state index in [9.17, 15) is 8.42 Å². The van der Waals surface area contributed by atoms with E-state index >= 15 is 0 Å². The molecule has 2 N–H and O–H groups in total. The highest BCUT2D eigenvalue weighted by Gasteiger charge is 2.17. The highest BCUT2D eigenvalue weighted by molar-refractivity contribution is 7.92. The quantitative estimate of drug-likeness (QED) is 0.629. The second-order valence-corrected chi connectivity index (χ2v) is 8.50. The Morgan fingerprint density at radius 3 is 2.36 bits per heavy atom. The molecular formula is C19H20ClN5O2S. The van der Waals surface area contributed by atoms with Crippen molar-refractivity contribution < 1.29 is 8.42 Å². The molecule has 0 saturated heterocycles. The minimum absolute atomic E-state index is 0.151. The summed E-state index contributed by atoms with van der Waals surface area (Å²) in [6.45, 7) is 1.72. The Hall–Kier alpha value is -2.84. The SMILES string of the molecule is Cc1ccc(Cl)cc1S(=O)(=O)Nc1ccc(Nc2cc(N(C)C)cnn2)cc1. The molecule has 0 unspecified atom stereocenters. The predicted molar refractivity (Wildman–Crippen MR) is 113 cm³/mol. The van der Waals surface area contributed by atoms with Crippen molar-refractivity contribution in [3.63, 3.8) is 0 Å². The third kappa shape index (κ3) is 4.71. The number of aryl methyl sites for hydroxylation is 1. The van der Waals surface area contributed by atoms with E-state index in [1.54, 1.807) is 49.5 Å². The van der Waals surface area contributed by atoms with Gasteiger partial charge in [0.05, 0.1) is 16.8 Å². The van der Waals surface area contributed by atoms with Crippen LogP contribution in [0.25, 0.3) is 0 Å².